The lowest BCUT2D eigenvalue weighted by atomic mass is 9.83. The van der Waals surface area contributed by atoms with E-state index in [2.05, 4.69) is 18.3 Å². The van der Waals surface area contributed by atoms with Crippen molar-refractivity contribution < 1.29 is 9.53 Å². The van der Waals surface area contributed by atoms with E-state index >= 15 is 0 Å². The van der Waals surface area contributed by atoms with Crippen LogP contribution in [0.1, 0.15) is 63.9 Å². The molecule has 2 rings (SSSR count). The summed E-state index contributed by atoms with van der Waals surface area (Å²) in [5, 5.41) is 12.1. The van der Waals surface area contributed by atoms with E-state index in [1.165, 1.54) is 19.3 Å². The highest BCUT2D eigenvalue weighted by Crippen LogP contribution is 2.26. The fourth-order valence-electron chi connectivity index (χ4n) is 3.40. The van der Waals surface area contributed by atoms with Crippen molar-refractivity contribution in [1.29, 1.82) is 5.26 Å². The van der Waals surface area contributed by atoms with Gasteiger partial charge >= 0.3 is 0 Å². The molecule has 0 bridgehead atoms. The fraction of sp³-hybridized carbons (Fsp3) is 0.600. The van der Waals surface area contributed by atoms with Gasteiger partial charge in [0.25, 0.3) is 0 Å². The van der Waals surface area contributed by atoms with E-state index in [4.69, 9.17) is 10.00 Å². The Hall–Kier alpha value is -2.02. The van der Waals surface area contributed by atoms with Crippen molar-refractivity contribution in [1.82, 2.24) is 5.32 Å². The molecule has 1 saturated carbocycles. The largest absolute Gasteiger partial charge is 0.494 e. The van der Waals surface area contributed by atoms with Gasteiger partial charge in [-0.3, -0.25) is 4.79 Å². The van der Waals surface area contributed by atoms with Crippen LogP contribution in [0, 0.1) is 17.2 Å². The lowest BCUT2D eigenvalue weighted by Gasteiger charge is -2.31. The van der Waals surface area contributed by atoms with E-state index in [-0.39, 0.29) is 5.91 Å². The molecule has 1 aliphatic rings. The second kappa shape index (κ2) is 9.97. The van der Waals surface area contributed by atoms with Crippen LogP contribution >= 0.6 is 0 Å². The van der Waals surface area contributed by atoms with Crippen LogP contribution in [0.3, 0.4) is 0 Å². The summed E-state index contributed by atoms with van der Waals surface area (Å²) in [5.41, 5.74) is 0.602. The van der Waals surface area contributed by atoms with Crippen LogP contribution in [0.5, 0.6) is 5.75 Å². The van der Waals surface area contributed by atoms with Crippen LogP contribution in [0.15, 0.2) is 24.3 Å². The van der Waals surface area contributed by atoms with E-state index in [0.29, 0.717) is 36.3 Å². The first-order valence-electron chi connectivity index (χ1n) is 9.15. The van der Waals surface area contributed by atoms with E-state index in [1.807, 2.05) is 12.1 Å². The average Bonchev–Trinajstić information content (AvgIpc) is 2.62. The Kier molecular flexibility index (Phi) is 7.61. The molecule has 130 valence electrons. The normalized spacial score (nSPS) is 20.2. The molecular weight excluding hydrogens is 300 g/mol. The maximum Gasteiger partial charge on any atom is 0.220 e. The van der Waals surface area contributed by atoms with Crippen molar-refractivity contribution in [3.05, 3.63) is 29.8 Å². The highest BCUT2D eigenvalue weighted by Gasteiger charge is 2.24. The van der Waals surface area contributed by atoms with Crippen molar-refractivity contribution in [2.75, 3.05) is 6.61 Å². The summed E-state index contributed by atoms with van der Waals surface area (Å²) in [6, 6.07) is 9.63. The van der Waals surface area contributed by atoms with Crippen LogP contribution in [0.25, 0.3) is 0 Å². The number of nitriles is 1. The maximum atomic E-state index is 12.1. The van der Waals surface area contributed by atoms with Gasteiger partial charge in [-0.15, -0.1) is 0 Å². The summed E-state index contributed by atoms with van der Waals surface area (Å²) in [6.45, 7) is 2.79. The van der Waals surface area contributed by atoms with Gasteiger partial charge in [0.2, 0.25) is 5.91 Å². The smallest absolute Gasteiger partial charge is 0.220 e. The molecule has 1 amide bonds. The first kappa shape index (κ1) is 18.3. The van der Waals surface area contributed by atoms with Gasteiger partial charge in [0.05, 0.1) is 18.2 Å². The quantitative estimate of drug-likeness (QED) is 0.728. The second-order valence-corrected chi connectivity index (χ2v) is 6.57. The summed E-state index contributed by atoms with van der Waals surface area (Å²) in [4.78, 5) is 12.1. The molecule has 1 aromatic carbocycles. The molecule has 4 heteroatoms. The number of hydrogen-bond donors (Lipinski definition) is 1. The number of carbonyl (C=O) groups excluding carboxylic acids is 1. The van der Waals surface area contributed by atoms with Crippen molar-refractivity contribution >= 4 is 5.91 Å². The van der Waals surface area contributed by atoms with E-state index < -0.39 is 0 Å². The lowest BCUT2D eigenvalue weighted by molar-refractivity contribution is -0.122. The molecule has 1 aliphatic carbocycles. The number of benzene rings is 1. The van der Waals surface area contributed by atoms with Crippen LogP contribution in [0.2, 0.25) is 0 Å². The molecule has 2 atom stereocenters. The Morgan fingerprint density at radius 1 is 1.33 bits per heavy atom. The topological polar surface area (TPSA) is 62.1 Å². The monoisotopic (exact) mass is 328 g/mol. The van der Waals surface area contributed by atoms with Gasteiger partial charge in [0.15, 0.2) is 0 Å². The summed E-state index contributed by atoms with van der Waals surface area (Å²) < 4.78 is 5.63. The van der Waals surface area contributed by atoms with Gasteiger partial charge < -0.3 is 10.1 Å². The highest BCUT2D eigenvalue weighted by molar-refractivity contribution is 5.76. The molecule has 4 nitrogen and oxygen atoms in total. The van der Waals surface area contributed by atoms with Crippen LogP contribution in [-0.4, -0.2) is 18.6 Å². The lowest BCUT2D eigenvalue weighted by Crippen LogP contribution is -2.41. The number of hydrogen-bond acceptors (Lipinski definition) is 3. The summed E-state index contributed by atoms with van der Waals surface area (Å²) >= 11 is 0. The van der Waals surface area contributed by atoms with E-state index in [0.717, 1.165) is 25.7 Å². The Bertz CT molecular complexity index is 565. The Morgan fingerprint density at radius 3 is 2.96 bits per heavy atom. The standard InChI is InChI=1S/C20H28N2O2/c1-2-17-9-3-4-11-19(17)22-20(23)12-5-6-13-24-18-10-7-8-16(14-18)15-21/h7-8,10,14,17,19H,2-6,9,11-13H2,1H3,(H,22,23). The number of amides is 1. The van der Waals surface area contributed by atoms with Crippen molar-refractivity contribution in [2.24, 2.45) is 5.92 Å². The Morgan fingerprint density at radius 2 is 2.17 bits per heavy atom. The van der Waals surface area contributed by atoms with Crippen LogP contribution in [-0.2, 0) is 4.79 Å². The Labute approximate surface area is 145 Å². The van der Waals surface area contributed by atoms with Gasteiger partial charge in [0.1, 0.15) is 5.75 Å². The average molecular weight is 328 g/mol. The highest BCUT2D eigenvalue weighted by atomic mass is 16.5. The number of ether oxygens (including phenoxy) is 1. The zero-order valence-corrected chi connectivity index (χ0v) is 14.6. The molecule has 24 heavy (non-hydrogen) atoms. The van der Waals surface area contributed by atoms with Gasteiger partial charge in [-0.05, 0) is 49.8 Å². The predicted molar refractivity (Wildman–Crippen MR) is 94.7 cm³/mol. The zero-order chi connectivity index (χ0) is 17.2. The molecule has 1 N–H and O–H groups in total. The summed E-state index contributed by atoms with van der Waals surface area (Å²) in [5.74, 6) is 1.54. The van der Waals surface area contributed by atoms with Crippen LogP contribution in [0.4, 0.5) is 0 Å². The summed E-state index contributed by atoms with van der Waals surface area (Å²) in [7, 11) is 0. The van der Waals surface area contributed by atoms with Crippen molar-refractivity contribution in [3.8, 4) is 11.8 Å². The Balaban J connectivity index is 1.61. The molecular formula is C20H28N2O2. The summed E-state index contributed by atoms with van der Waals surface area (Å²) in [6.07, 6.45) is 8.29. The molecule has 0 spiro atoms. The van der Waals surface area contributed by atoms with Gasteiger partial charge in [0, 0.05) is 12.5 Å². The minimum Gasteiger partial charge on any atom is -0.494 e. The first-order chi connectivity index (χ1) is 11.7. The maximum absolute atomic E-state index is 12.1. The van der Waals surface area contributed by atoms with E-state index in [1.54, 1.807) is 12.1 Å². The van der Waals surface area contributed by atoms with Crippen LogP contribution < -0.4 is 10.1 Å². The minimum absolute atomic E-state index is 0.173. The molecule has 1 aromatic rings. The van der Waals surface area contributed by atoms with Crippen molar-refractivity contribution in [3.63, 3.8) is 0 Å². The van der Waals surface area contributed by atoms with E-state index in [9.17, 15) is 4.79 Å². The molecule has 0 saturated heterocycles. The number of rotatable bonds is 8. The third kappa shape index (κ3) is 5.88. The number of nitrogens with zero attached hydrogens (tertiary/aromatic N) is 1. The molecule has 0 aliphatic heterocycles. The fourth-order valence-corrected chi connectivity index (χ4v) is 3.40. The number of nitrogens with one attached hydrogen (secondary N) is 1. The zero-order valence-electron chi connectivity index (χ0n) is 14.6. The molecule has 0 radical (unpaired) electrons. The molecule has 0 aromatic heterocycles. The first-order valence-corrected chi connectivity index (χ1v) is 9.15. The SMILES string of the molecule is CCC1CCCCC1NC(=O)CCCCOc1cccc(C#N)c1. The number of unbranched alkanes of at least 4 members (excludes halogenated alkanes) is 1. The van der Waals surface area contributed by atoms with Gasteiger partial charge in [-0.25, -0.2) is 0 Å². The molecule has 0 heterocycles. The third-order valence-electron chi connectivity index (χ3n) is 4.81. The number of carbonyl (C=O) groups is 1. The second-order valence-electron chi connectivity index (χ2n) is 6.57. The molecule has 2 unspecified atom stereocenters. The van der Waals surface area contributed by atoms with Crippen molar-refractivity contribution in [2.45, 2.75) is 64.3 Å². The van der Waals surface area contributed by atoms with Gasteiger partial charge in [-0.1, -0.05) is 32.3 Å². The predicted octanol–water partition coefficient (Wildman–Crippen LogP) is 4.19. The third-order valence-corrected chi connectivity index (χ3v) is 4.81. The minimum atomic E-state index is 0.173. The van der Waals surface area contributed by atoms with Gasteiger partial charge in [-0.2, -0.15) is 5.26 Å². The molecule has 1 fully saturated rings.